The van der Waals surface area contributed by atoms with E-state index >= 15 is 0 Å². The first-order valence-corrected chi connectivity index (χ1v) is 5.50. The first kappa shape index (κ1) is 13.4. The molecular weight excluding hydrogens is 219 g/mol. The van der Waals surface area contributed by atoms with Gasteiger partial charge in [-0.05, 0) is 24.2 Å². The number of nitrogens with two attached hydrogens (primary N) is 1. The van der Waals surface area contributed by atoms with E-state index in [2.05, 4.69) is 11.9 Å². The fourth-order valence-electron chi connectivity index (χ4n) is 1.55. The zero-order valence-corrected chi connectivity index (χ0v) is 9.66. The lowest BCUT2D eigenvalue weighted by atomic mass is 9.95. The Kier molecular flexibility index (Phi) is 5.36. The van der Waals surface area contributed by atoms with E-state index in [1.807, 2.05) is 0 Å². The van der Waals surface area contributed by atoms with Crippen LogP contribution in [0.5, 0.6) is 0 Å². The maximum Gasteiger partial charge on any atom is 0.220 e. The predicted molar refractivity (Wildman–Crippen MR) is 66.0 cm³/mol. The average Bonchev–Trinajstić information content (AvgIpc) is 2.34. The van der Waals surface area contributed by atoms with Gasteiger partial charge in [-0.1, -0.05) is 18.2 Å². The van der Waals surface area contributed by atoms with Crippen LogP contribution in [0.15, 0.2) is 36.9 Å². The van der Waals surface area contributed by atoms with Gasteiger partial charge in [0.05, 0.1) is 0 Å². The summed E-state index contributed by atoms with van der Waals surface area (Å²) in [4.78, 5) is 11.5. The summed E-state index contributed by atoms with van der Waals surface area (Å²) in [6, 6.07) is 6.07. The van der Waals surface area contributed by atoms with Crippen molar-refractivity contribution >= 4 is 5.91 Å². The number of carbonyl (C=O) groups excluding carboxylic acids is 1. The third kappa shape index (κ3) is 4.36. The molecule has 0 aliphatic carbocycles. The molecule has 1 atom stereocenters. The van der Waals surface area contributed by atoms with Crippen molar-refractivity contribution in [2.75, 3.05) is 13.1 Å². The zero-order valence-electron chi connectivity index (χ0n) is 9.66. The zero-order chi connectivity index (χ0) is 12.7. The minimum Gasteiger partial charge on any atom is -0.353 e. The average molecular weight is 236 g/mol. The minimum atomic E-state index is -0.291. The van der Waals surface area contributed by atoms with Crippen molar-refractivity contribution in [2.24, 2.45) is 5.73 Å². The van der Waals surface area contributed by atoms with E-state index in [9.17, 15) is 9.18 Å². The van der Waals surface area contributed by atoms with Crippen molar-refractivity contribution in [3.63, 3.8) is 0 Å². The van der Waals surface area contributed by atoms with Crippen LogP contribution in [0.25, 0.3) is 0 Å². The van der Waals surface area contributed by atoms with Crippen molar-refractivity contribution in [1.82, 2.24) is 5.32 Å². The number of hydrogen-bond donors (Lipinski definition) is 2. The van der Waals surface area contributed by atoms with E-state index in [1.54, 1.807) is 18.2 Å². The molecule has 0 spiro atoms. The molecule has 0 radical (unpaired) electrons. The lowest BCUT2D eigenvalue weighted by Crippen LogP contribution is -2.27. The molecule has 1 aromatic carbocycles. The second-order valence-corrected chi connectivity index (χ2v) is 3.78. The van der Waals surface area contributed by atoms with E-state index in [-0.39, 0.29) is 17.6 Å². The fourth-order valence-corrected chi connectivity index (χ4v) is 1.55. The van der Waals surface area contributed by atoms with Crippen LogP contribution < -0.4 is 11.1 Å². The minimum absolute atomic E-state index is 0.0790. The van der Waals surface area contributed by atoms with Crippen molar-refractivity contribution in [3.8, 4) is 0 Å². The molecule has 0 heterocycles. The van der Waals surface area contributed by atoms with Gasteiger partial charge in [0, 0.05) is 18.9 Å². The molecule has 17 heavy (non-hydrogen) atoms. The largest absolute Gasteiger partial charge is 0.353 e. The Morgan fingerprint density at radius 3 is 2.65 bits per heavy atom. The second kappa shape index (κ2) is 6.81. The Labute approximate surface area is 101 Å². The lowest BCUT2D eigenvalue weighted by Gasteiger charge is -2.14. The summed E-state index contributed by atoms with van der Waals surface area (Å²) in [7, 11) is 0. The molecule has 0 fully saturated rings. The predicted octanol–water partition coefficient (Wildman–Crippen LogP) is 1.56. The van der Waals surface area contributed by atoms with Crippen LogP contribution in [-0.4, -0.2) is 19.0 Å². The molecule has 1 unspecified atom stereocenters. The van der Waals surface area contributed by atoms with Crippen LogP contribution in [0, 0.1) is 5.82 Å². The maximum absolute atomic E-state index is 12.8. The lowest BCUT2D eigenvalue weighted by molar-refractivity contribution is -0.121. The molecule has 0 bridgehead atoms. The first-order chi connectivity index (χ1) is 8.17. The van der Waals surface area contributed by atoms with Crippen LogP contribution in [0.4, 0.5) is 4.39 Å². The second-order valence-electron chi connectivity index (χ2n) is 3.78. The van der Waals surface area contributed by atoms with Gasteiger partial charge in [0.15, 0.2) is 0 Å². The SMILES string of the molecule is C=CCNC(=O)CC(CN)c1ccc(F)cc1. The van der Waals surface area contributed by atoms with Crippen LogP contribution in [0.3, 0.4) is 0 Å². The molecule has 92 valence electrons. The number of nitrogens with one attached hydrogen (secondary N) is 1. The molecule has 4 heteroatoms. The van der Waals surface area contributed by atoms with E-state index in [1.165, 1.54) is 12.1 Å². The normalized spacial score (nSPS) is 11.9. The number of halogens is 1. The molecular formula is C13H17FN2O. The molecule has 0 saturated heterocycles. The van der Waals surface area contributed by atoms with E-state index < -0.39 is 0 Å². The summed E-state index contributed by atoms with van der Waals surface area (Å²) < 4.78 is 12.8. The number of hydrogen-bond acceptors (Lipinski definition) is 2. The Hall–Kier alpha value is -1.68. The molecule has 3 N–H and O–H groups in total. The molecule has 1 aromatic rings. The van der Waals surface area contributed by atoms with Gasteiger partial charge in [-0.3, -0.25) is 4.79 Å². The van der Waals surface area contributed by atoms with Crippen LogP contribution in [0.1, 0.15) is 17.9 Å². The molecule has 1 amide bonds. The highest BCUT2D eigenvalue weighted by atomic mass is 19.1. The van der Waals surface area contributed by atoms with Crippen molar-refractivity contribution < 1.29 is 9.18 Å². The van der Waals surface area contributed by atoms with Crippen molar-refractivity contribution in [2.45, 2.75) is 12.3 Å². The van der Waals surface area contributed by atoms with E-state index in [0.717, 1.165) is 5.56 Å². The summed E-state index contributed by atoms with van der Waals surface area (Å²) in [6.45, 7) is 4.32. The Morgan fingerprint density at radius 1 is 1.47 bits per heavy atom. The highest BCUT2D eigenvalue weighted by Gasteiger charge is 2.14. The number of carbonyl (C=O) groups is 1. The number of benzene rings is 1. The number of amides is 1. The maximum atomic E-state index is 12.8. The van der Waals surface area contributed by atoms with Gasteiger partial charge < -0.3 is 11.1 Å². The number of rotatable bonds is 6. The van der Waals surface area contributed by atoms with Crippen molar-refractivity contribution in [1.29, 1.82) is 0 Å². The van der Waals surface area contributed by atoms with Crippen LogP contribution in [0.2, 0.25) is 0 Å². The topological polar surface area (TPSA) is 55.1 Å². The summed E-state index contributed by atoms with van der Waals surface area (Å²) in [6.07, 6.45) is 1.92. The smallest absolute Gasteiger partial charge is 0.220 e. The Bertz CT molecular complexity index is 376. The molecule has 0 aliphatic heterocycles. The Balaban J connectivity index is 2.62. The summed E-state index contributed by atoms with van der Waals surface area (Å²) in [5, 5.41) is 2.69. The first-order valence-electron chi connectivity index (χ1n) is 5.50. The summed E-state index contributed by atoms with van der Waals surface area (Å²) >= 11 is 0. The highest BCUT2D eigenvalue weighted by Crippen LogP contribution is 2.18. The summed E-state index contributed by atoms with van der Waals surface area (Å²) in [5.41, 5.74) is 6.50. The van der Waals surface area contributed by atoms with Gasteiger partial charge in [-0.2, -0.15) is 0 Å². The van der Waals surface area contributed by atoms with Gasteiger partial charge in [0.1, 0.15) is 5.82 Å². The highest BCUT2D eigenvalue weighted by molar-refractivity contribution is 5.77. The molecule has 1 rings (SSSR count). The molecule has 0 aliphatic rings. The molecule has 0 saturated carbocycles. The molecule has 0 aromatic heterocycles. The van der Waals surface area contributed by atoms with Gasteiger partial charge >= 0.3 is 0 Å². The van der Waals surface area contributed by atoms with Gasteiger partial charge in [0.25, 0.3) is 0 Å². The summed E-state index contributed by atoms with van der Waals surface area (Å²) in [5.74, 6) is -0.453. The van der Waals surface area contributed by atoms with Gasteiger partial charge in [0.2, 0.25) is 5.91 Å². The van der Waals surface area contributed by atoms with Crippen LogP contribution >= 0.6 is 0 Å². The molecule has 3 nitrogen and oxygen atoms in total. The Morgan fingerprint density at radius 2 is 2.12 bits per heavy atom. The third-order valence-corrected chi connectivity index (χ3v) is 2.50. The standard InChI is InChI=1S/C13H17FN2O/c1-2-7-16-13(17)8-11(9-15)10-3-5-12(14)6-4-10/h2-6,11H,1,7-9,15H2,(H,16,17). The van der Waals surface area contributed by atoms with E-state index in [0.29, 0.717) is 19.5 Å². The van der Waals surface area contributed by atoms with Crippen molar-refractivity contribution in [3.05, 3.63) is 48.3 Å². The van der Waals surface area contributed by atoms with Gasteiger partial charge in [-0.25, -0.2) is 4.39 Å². The van der Waals surface area contributed by atoms with Gasteiger partial charge in [-0.15, -0.1) is 6.58 Å². The monoisotopic (exact) mass is 236 g/mol. The van der Waals surface area contributed by atoms with E-state index in [4.69, 9.17) is 5.73 Å². The fraction of sp³-hybridized carbons (Fsp3) is 0.308. The quantitative estimate of drug-likeness (QED) is 0.736. The third-order valence-electron chi connectivity index (χ3n) is 2.50. The van der Waals surface area contributed by atoms with Crippen LogP contribution in [-0.2, 0) is 4.79 Å².